The van der Waals surface area contributed by atoms with E-state index in [4.69, 9.17) is 17.3 Å². The van der Waals surface area contributed by atoms with Gasteiger partial charge in [0, 0.05) is 44.5 Å². The zero-order valence-electron chi connectivity index (χ0n) is 10.7. The molecule has 2 atom stereocenters. The van der Waals surface area contributed by atoms with Crippen LogP contribution in [0.15, 0.2) is 30.9 Å². The molecule has 0 saturated carbocycles. The smallest absolute Gasteiger partial charge is 0.128 e. The zero-order chi connectivity index (χ0) is 13.4. The van der Waals surface area contributed by atoms with Gasteiger partial charge in [-0.05, 0) is 12.1 Å². The molecule has 2 aromatic heterocycles. The molecule has 1 aliphatic heterocycles. The lowest BCUT2D eigenvalue weighted by molar-refractivity contribution is 0.639. The Balaban J connectivity index is 1.79. The van der Waals surface area contributed by atoms with Gasteiger partial charge in [0.05, 0.1) is 17.0 Å². The quantitative estimate of drug-likeness (QED) is 0.901. The second-order valence-corrected chi connectivity index (χ2v) is 5.41. The van der Waals surface area contributed by atoms with Crippen LogP contribution in [0.5, 0.6) is 0 Å². The topological polar surface area (TPSA) is 60.0 Å². The monoisotopic (exact) mass is 277 g/mol. The molecule has 6 heteroatoms. The number of pyridine rings is 1. The fraction of sp³-hybridized carbons (Fsp3) is 0.385. The molecule has 1 fully saturated rings. The molecule has 3 rings (SSSR count). The van der Waals surface area contributed by atoms with E-state index >= 15 is 0 Å². The summed E-state index contributed by atoms with van der Waals surface area (Å²) in [5.74, 6) is 1.16. The number of hydrogen-bond donors (Lipinski definition) is 1. The average Bonchev–Trinajstić information content (AvgIpc) is 2.96. The average molecular weight is 278 g/mol. The van der Waals surface area contributed by atoms with E-state index in [-0.39, 0.29) is 12.0 Å². The molecule has 0 aliphatic carbocycles. The Morgan fingerprint density at radius 1 is 1.32 bits per heavy atom. The molecule has 0 unspecified atom stereocenters. The summed E-state index contributed by atoms with van der Waals surface area (Å²) in [4.78, 5) is 10.9. The molecule has 1 aliphatic rings. The summed E-state index contributed by atoms with van der Waals surface area (Å²) in [5.41, 5.74) is 7.28. The van der Waals surface area contributed by atoms with Crippen LogP contribution in [0.3, 0.4) is 0 Å². The van der Waals surface area contributed by atoms with Gasteiger partial charge < -0.3 is 15.2 Å². The predicted molar refractivity (Wildman–Crippen MR) is 75.4 cm³/mol. The van der Waals surface area contributed by atoms with Crippen molar-refractivity contribution in [3.63, 3.8) is 0 Å². The van der Waals surface area contributed by atoms with Crippen molar-refractivity contribution >= 4 is 17.4 Å². The molecule has 0 radical (unpaired) electrons. The van der Waals surface area contributed by atoms with Crippen LogP contribution in [0.1, 0.15) is 11.6 Å². The Kier molecular flexibility index (Phi) is 3.16. The standard InChI is InChI=1S/C13H16ClN5/c1-18-7-12(17-8-18)10-5-19(6-11(10)15)13-3-2-9(14)4-16-13/h2-4,7-8,10-11H,5-6,15H2,1H3/t10-,11-/m1/s1. The van der Waals surface area contributed by atoms with Crippen molar-refractivity contribution in [3.05, 3.63) is 41.6 Å². The summed E-state index contributed by atoms with van der Waals surface area (Å²) in [5, 5.41) is 0.647. The summed E-state index contributed by atoms with van der Waals surface area (Å²) in [6.45, 7) is 1.63. The van der Waals surface area contributed by atoms with Gasteiger partial charge in [-0.25, -0.2) is 9.97 Å². The highest BCUT2D eigenvalue weighted by atomic mass is 35.5. The van der Waals surface area contributed by atoms with Crippen molar-refractivity contribution in [2.45, 2.75) is 12.0 Å². The van der Waals surface area contributed by atoms with Crippen molar-refractivity contribution < 1.29 is 0 Å². The van der Waals surface area contributed by atoms with Crippen LogP contribution in [0.4, 0.5) is 5.82 Å². The van der Waals surface area contributed by atoms with Crippen LogP contribution in [-0.4, -0.2) is 33.7 Å². The molecule has 0 spiro atoms. The molecule has 2 N–H and O–H groups in total. The van der Waals surface area contributed by atoms with E-state index in [0.29, 0.717) is 5.02 Å². The van der Waals surface area contributed by atoms with E-state index in [2.05, 4.69) is 14.9 Å². The third-order valence-electron chi connectivity index (χ3n) is 3.51. The molecular weight excluding hydrogens is 262 g/mol. The molecule has 0 aromatic carbocycles. The number of hydrogen-bond acceptors (Lipinski definition) is 4. The van der Waals surface area contributed by atoms with E-state index in [0.717, 1.165) is 24.6 Å². The Bertz CT molecular complexity index is 565. The van der Waals surface area contributed by atoms with Crippen LogP contribution in [0.2, 0.25) is 5.02 Å². The normalized spacial score (nSPS) is 23.0. The van der Waals surface area contributed by atoms with Crippen LogP contribution in [0.25, 0.3) is 0 Å². The van der Waals surface area contributed by atoms with Crippen molar-refractivity contribution in [2.24, 2.45) is 12.8 Å². The molecule has 3 heterocycles. The largest absolute Gasteiger partial charge is 0.354 e. The van der Waals surface area contributed by atoms with E-state index in [1.807, 2.05) is 36.3 Å². The van der Waals surface area contributed by atoms with Crippen LogP contribution >= 0.6 is 11.6 Å². The van der Waals surface area contributed by atoms with E-state index in [9.17, 15) is 0 Å². The van der Waals surface area contributed by atoms with E-state index in [1.54, 1.807) is 6.20 Å². The summed E-state index contributed by atoms with van der Waals surface area (Å²) in [7, 11) is 1.97. The number of rotatable bonds is 2. The molecule has 0 amide bonds. The van der Waals surface area contributed by atoms with Gasteiger partial charge in [-0.2, -0.15) is 0 Å². The number of imidazole rings is 1. The molecule has 19 heavy (non-hydrogen) atoms. The highest BCUT2D eigenvalue weighted by molar-refractivity contribution is 6.30. The first-order chi connectivity index (χ1) is 9.13. The predicted octanol–water partition coefficient (Wildman–Crippen LogP) is 1.40. The van der Waals surface area contributed by atoms with Crippen molar-refractivity contribution in [2.75, 3.05) is 18.0 Å². The minimum atomic E-state index is 0.0763. The van der Waals surface area contributed by atoms with Gasteiger partial charge in [0.1, 0.15) is 5.82 Å². The number of aromatic nitrogens is 3. The van der Waals surface area contributed by atoms with Gasteiger partial charge in [0.15, 0.2) is 0 Å². The van der Waals surface area contributed by atoms with Crippen LogP contribution < -0.4 is 10.6 Å². The Labute approximate surface area is 117 Å². The maximum Gasteiger partial charge on any atom is 0.128 e. The molecule has 5 nitrogen and oxygen atoms in total. The van der Waals surface area contributed by atoms with Crippen molar-refractivity contribution in [1.29, 1.82) is 0 Å². The first-order valence-corrected chi connectivity index (χ1v) is 6.61. The highest BCUT2D eigenvalue weighted by Crippen LogP contribution is 2.28. The maximum atomic E-state index is 6.23. The summed E-state index contributed by atoms with van der Waals surface area (Å²) >= 11 is 5.86. The number of anilines is 1. The van der Waals surface area contributed by atoms with Gasteiger partial charge in [-0.1, -0.05) is 11.6 Å². The lowest BCUT2D eigenvalue weighted by Crippen LogP contribution is -2.29. The number of halogens is 1. The lowest BCUT2D eigenvalue weighted by atomic mass is 10.0. The van der Waals surface area contributed by atoms with E-state index in [1.165, 1.54) is 0 Å². The summed E-state index contributed by atoms with van der Waals surface area (Å²) in [6, 6.07) is 3.85. The third kappa shape index (κ3) is 2.43. The van der Waals surface area contributed by atoms with Gasteiger partial charge in [0.25, 0.3) is 0 Å². The fourth-order valence-electron chi connectivity index (χ4n) is 2.51. The molecule has 1 saturated heterocycles. The molecule has 2 aromatic rings. The molecule has 0 bridgehead atoms. The Morgan fingerprint density at radius 3 is 2.79 bits per heavy atom. The second kappa shape index (κ2) is 4.83. The lowest BCUT2D eigenvalue weighted by Gasteiger charge is -2.16. The van der Waals surface area contributed by atoms with Gasteiger partial charge >= 0.3 is 0 Å². The van der Waals surface area contributed by atoms with Gasteiger partial charge in [0.2, 0.25) is 0 Å². The highest BCUT2D eigenvalue weighted by Gasteiger charge is 2.33. The number of nitrogens with zero attached hydrogens (tertiary/aromatic N) is 4. The molecular formula is C13H16ClN5. The fourth-order valence-corrected chi connectivity index (χ4v) is 2.62. The first-order valence-electron chi connectivity index (χ1n) is 6.23. The van der Waals surface area contributed by atoms with E-state index < -0.39 is 0 Å². The van der Waals surface area contributed by atoms with Crippen molar-refractivity contribution in [3.8, 4) is 0 Å². The van der Waals surface area contributed by atoms with Gasteiger partial charge in [-0.15, -0.1) is 0 Å². The van der Waals surface area contributed by atoms with Crippen LogP contribution in [-0.2, 0) is 7.05 Å². The summed E-state index contributed by atoms with van der Waals surface area (Å²) in [6.07, 6.45) is 5.51. The van der Waals surface area contributed by atoms with Crippen molar-refractivity contribution in [1.82, 2.24) is 14.5 Å². The summed E-state index contributed by atoms with van der Waals surface area (Å²) < 4.78 is 1.95. The SMILES string of the molecule is Cn1cnc([C@@H]2CN(c3ccc(Cl)cn3)C[C@H]2N)c1. The van der Waals surface area contributed by atoms with Gasteiger partial charge in [-0.3, -0.25) is 0 Å². The first kappa shape index (κ1) is 12.4. The minimum Gasteiger partial charge on any atom is -0.354 e. The maximum absolute atomic E-state index is 6.23. The van der Waals surface area contributed by atoms with Crippen LogP contribution in [0, 0.1) is 0 Å². The number of aryl methyl sites for hydroxylation is 1. The Morgan fingerprint density at radius 2 is 2.16 bits per heavy atom. The zero-order valence-corrected chi connectivity index (χ0v) is 11.5. The third-order valence-corrected chi connectivity index (χ3v) is 3.73. The Hall–Kier alpha value is -1.59. The number of nitrogens with two attached hydrogens (primary N) is 1. The molecule has 100 valence electrons. The minimum absolute atomic E-state index is 0.0763. The second-order valence-electron chi connectivity index (χ2n) is 4.97.